The van der Waals surface area contributed by atoms with Crippen molar-refractivity contribution in [3.05, 3.63) is 0 Å². The molecule has 0 bridgehead atoms. The van der Waals surface area contributed by atoms with E-state index in [9.17, 15) is 0 Å². The summed E-state index contributed by atoms with van der Waals surface area (Å²) in [4.78, 5) is 4.68. The van der Waals surface area contributed by atoms with E-state index in [0.717, 1.165) is 32.7 Å². The summed E-state index contributed by atoms with van der Waals surface area (Å²) < 4.78 is 0. The Balaban J connectivity index is 2.46. The van der Waals surface area contributed by atoms with Crippen LogP contribution in [0.15, 0.2) is 0 Å². The van der Waals surface area contributed by atoms with Gasteiger partial charge in [-0.3, -0.25) is 4.90 Å². The third-order valence-electron chi connectivity index (χ3n) is 2.88. The third-order valence-corrected chi connectivity index (χ3v) is 2.88. The summed E-state index contributed by atoms with van der Waals surface area (Å²) in [6, 6.07) is 2.35. The minimum Gasteiger partial charge on any atom is -0.301 e. The normalized spacial score (nSPS) is 21.4. The van der Waals surface area contributed by atoms with Crippen molar-refractivity contribution < 1.29 is 0 Å². The van der Waals surface area contributed by atoms with Gasteiger partial charge in [0.2, 0.25) is 0 Å². The second-order valence-corrected chi connectivity index (χ2v) is 4.09. The second-order valence-electron chi connectivity index (χ2n) is 4.09. The molecule has 0 aliphatic carbocycles. The fourth-order valence-electron chi connectivity index (χ4n) is 1.69. The first-order chi connectivity index (χ1) is 6.10. The molecule has 0 aromatic rings. The first kappa shape index (κ1) is 10.5. The lowest BCUT2D eigenvalue weighted by Gasteiger charge is -2.40. The van der Waals surface area contributed by atoms with Gasteiger partial charge in [-0.2, -0.15) is 5.26 Å². The second kappa shape index (κ2) is 4.08. The molecule has 1 aliphatic heterocycles. The zero-order chi connectivity index (χ0) is 9.90. The standard InChI is InChI=1S/C10H19N3/c1-4-12-5-7-13(8-6-12)10(2,3)9-11/h4-8H2,1-3H3. The molecular weight excluding hydrogens is 162 g/mol. The van der Waals surface area contributed by atoms with Crippen LogP contribution in [-0.4, -0.2) is 48.1 Å². The van der Waals surface area contributed by atoms with Crippen molar-refractivity contribution in [2.24, 2.45) is 0 Å². The number of rotatable bonds is 2. The summed E-state index contributed by atoms with van der Waals surface area (Å²) >= 11 is 0. The first-order valence-electron chi connectivity index (χ1n) is 4.99. The molecule has 0 N–H and O–H groups in total. The monoisotopic (exact) mass is 181 g/mol. The molecule has 1 saturated heterocycles. The Kier molecular flexibility index (Phi) is 3.29. The maximum absolute atomic E-state index is 8.96. The van der Waals surface area contributed by atoms with E-state index in [-0.39, 0.29) is 5.54 Å². The van der Waals surface area contributed by atoms with Crippen molar-refractivity contribution in [3.8, 4) is 6.07 Å². The molecule has 0 saturated carbocycles. The van der Waals surface area contributed by atoms with E-state index in [4.69, 9.17) is 5.26 Å². The van der Waals surface area contributed by atoms with E-state index in [1.165, 1.54) is 0 Å². The van der Waals surface area contributed by atoms with E-state index in [1.54, 1.807) is 0 Å². The van der Waals surface area contributed by atoms with Crippen LogP contribution < -0.4 is 0 Å². The Morgan fingerprint density at radius 1 is 1.23 bits per heavy atom. The predicted molar refractivity (Wildman–Crippen MR) is 53.4 cm³/mol. The number of likely N-dealkylation sites (N-methyl/N-ethyl adjacent to an activating group) is 1. The highest BCUT2D eigenvalue weighted by Gasteiger charge is 2.28. The van der Waals surface area contributed by atoms with Crippen molar-refractivity contribution >= 4 is 0 Å². The first-order valence-corrected chi connectivity index (χ1v) is 4.99. The van der Waals surface area contributed by atoms with Gasteiger partial charge in [-0.05, 0) is 20.4 Å². The van der Waals surface area contributed by atoms with Crippen molar-refractivity contribution in [1.29, 1.82) is 5.26 Å². The highest BCUT2D eigenvalue weighted by molar-refractivity contribution is 5.02. The Hall–Kier alpha value is -0.590. The average Bonchev–Trinajstić information content (AvgIpc) is 2.18. The van der Waals surface area contributed by atoms with E-state index in [0.29, 0.717) is 0 Å². The Morgan fingerprint density at radius 3 is 2.15 bits per heavy atom. The Morgan fingerprint density at radius 2 is 1.77 bits per heavy atom. The lowest BCUT2D eigenvalue weighted by atomic mass is 10.0. The SMILES string of the molecule is CCN1CCN(C(C)(C)C#N)CC1. The Labute approximate surface area is 80.9 Å². The molecule has 13 heavy (non-hydrogen) atoms. The summed E-state index contributed by atoms with van der Waals surface area (Å²) in [6.45, 7) is 11.5. The van der Waals surface area contributed by atoms with Crippen LogP contribution in [0.4, 0.5) is 0 Å². The lowest BCUT2D eigenvalue weighted by Crippen LogP contribution is -2.53. The van der Waals surface area contributed by atoms with E-state index >= 15 is 0 Å². The maximum atomic E-state index is 8.96. The molecule has 0 aromatic carbocycles. The van der Waals surface area contributed by atoms with Gasteiger partial charge in [0.1, 0.15) is 5.54 Å². The number of nitrogens with zero attached hydrogens (tertiary/aromatic N) is 3. The zero-order valence-electron chi connectivity index (χ0n) is 8.88. The molecule has 74 valence electrons. The third kappa shape index (κ3) is 2.43. The van der Waals surface area contributed by atoms with Crippen molar-refractivity contribution in [2.45, 2.75) is 26.3 Å². The highest BCUT2D eigenvalue weighted by atomic mass is 15.3. The van der Waals surface area contributed by atoms with Crippen molar-refractivity contribution in [1.82, 2.24) is 9.80 Å². The number of hydrogen-bond acceptors (Lipinski definition) is 3. The van der Waals surface area contributed by atoms with Gasteiger partial charge >= 0.3 is 0 Å². The van der Waals surface area contributed by atoms with Crippen LogP contribution >= 0.6 is 0 Å². The maximum Gasteiger partial charge on any atom is 0.103 e. The molecule has 0 amide bonds. The molecule has 1 rings (SSSR count). The summed E-state index contributed by atoms with van der Waals surface area (Å²) in [5.41, 5.74) is -0.292. The molecule has 0 radical (unpaired) electrons. The van der Waals surface area contributed by atoms with Gasteiger partial charge in [-0.25, -0.2) is 0 Å². The molecule has 0 atom stereocenters. The summed E-state index contributed by atoms with van der Waals surface area (Å²) in [6.07, 6.45) is 0. The van der Waals surface area contributed by atoms with Gasteiger partial charge in [0.25, 0.3) is 0 Å². The fourth-order valence-corrected chi connectivity index (χ4v) is 1.69. The quantitative estimate of drug-likeness (QED) is 0.635. The number of piperazine rings is 1. The summed E-state index contributed by atoms with van der Waals surface area (Å²) in [5, 5.41) is 8.96. The molecule has 3 nitrogen and oxygen atoms in total. The van der Waals surface area contributed by atoms with E-state index in [2.05, 4.69) is 22.8 Å². The van der Waals surface area contributed by atoms with Gasteiger partial charge in [0.15, 0.2) is 0 Å². The summed E-state index contributed by atoms with van der Waals surface area (Å²) in [5.74, 6) is 0. The van der Waals surface area contributed by atoms with Gasteiger partial charge in [0, 0.05) is 26.2 Å². The Bertz CT molecular complexity index is 197. The largest absolute Gasteiger partial charge is 0.301 e. The summed E-state index contributed by atoms with van der Waals surface area (Å²) in [7, 11) is 0. The predicted octanol–water partition coefficient (Wildman–Crippen LogP) is 0.926. The van der Waals surface area contributed by atoms with Crippen molar-refractivity contribution in [3.63, 3.8) is 0 Å². The molecule has 0 aromatic heterocycles. The number of hydrogen-bond donors (Lipinski definition) is 0. The topological polar surface area (TPSA) is 30.3 Å². The van der Waals surface area contributed by atoms with Gasteiger partial charge in [-0.15, -0.1) is 0 Å². The van der Waals surface area contributed by atoms with Crippen LogP contribution in [-0.2, 0) is 0 Å². The van der Waals surface area contributed by atoms with Crippen LogP contribution in [0.1, 0.15) is 20.8 Å². The van der Waals surface area contributed by atoms with Crippen LogP contribution in [0.5, 0.6) is 0 Å². The molecule has 0 unspecified atom stereocenters. The molecular formula is C10H19N3. The molecule has 0 spiro atoms. The highest BCUT2D eigenvalue weighted by Crippen LogP contribution is 2.15. The smallest absolute Gasteiger partial charge is 0.103 e. The van der Waals surface area contributed by atoms with E-state index < -0.39 is 0 Å². The zero-order valence-corrected chi connectivity index (χ0v) is 8.88. The lowest BCUT2D eigenvalue weighted by molar-refractivity contribution is 0.0831. The van der Waals surface area contributed by atoms with Crippen LogP contribution in [0, 0.1) is 11.3 Å². The van der Waals surface area contributed by atoms with E-state index in [1.807, 2.05) is 13.8 Å². The van der Waals surface area contributed by atoms with Gasteiger partial charge in [0.05, 0.1) is 6.07 Å². The minimum absolute atomic E-state index is 0.292. The van der Waals surface area contributed by atoms with Gasteiger partial charge in [-0.1, -0.05) is 6.92 Å². The van der Waals surface area contributed by atoms with Crippen LogP contribution in [0.25, 0.3) is 0 Å². The van der Waals surface area contributed by atoms with Crippen LogP contribution in [0.2, 0.25) is 0 Å². The van der Waals surface area contributed by atoms with Gasteiger partial charge < -0.3 is 4.90 Å². The van der Waals surface area contributed by atoms with Crippen molar-refractivity contribution in [2.75, 3.05) is 32.7 Å². The van der Waals surface area contributed by atoms with Crippen LogP contribution in [0.3, 0.4) is 0 Å². The molecule has 1 aliphatic rings. The minimum atomic E-state index is -0.292. The molecule has 1 heterocycles. The molecule has 3 heteroatoms. The average molecular weight is 181 g/mol. The number of nitriles is 1. The molecule has 1 fully saturated rings. The fraction of sp³-hybridized carbons (Fsp3) is 0.900.